The molecule has 0 saturated heterocycles. The zero-order chi connectivity index (χ0) is 20.7. The zero-order valence-electron chi connectivity index (χ0n) is 16.5. The molecule has 8 heteroatoms. The fraction of sp³-hybridized carbons (Fsp3) is 0.227. The van der Waals surface area contributed by atoms with Crippen LogP contribution in [0.5, 0.6) is 17.4 Å². The highest BCUT2D eigenvalue weighted by atomic mass is 32.1. The lowest BCUT2D eigenvalue weighted by atomic mass is 10.1. The first kappa shape index (κ1) is 18.6. The lowest BCUT2D eigenvalue weighted by molar-refractivity contribution is 0.0918. The molecule has 3 aromatic heterocycles. The first-order valence-corrected chi connectivity index (χ1v) is 10.4. The van der Waals surface area contributed by atoms with Crippen molar-refractivity contribution in [3.63, 3.8) is 0 Å². The van der Waals surface area contributed by atoms with Crippen molar-refractivity contribution in [2.45, 2.75) is 20.4 Å². The lowest BCUT2D eigenvalue weighted by Gasteiger charge is -2.11. The van der Waals surface area contributed by atoms with Crippen LogP contribution in [0.2, 0.25) is 0 Å². The SMILES string of the molecule is Cc1cc(C(=O)COc2ncnc3sccc23)c(C)n1Cc1ccc2c(c1)OCO2. The van der Waals surface area contributed by atoms with Gasteiger partial charge in [0.1, 0.15) is 11.2 Å². The van der Waals surface area contributed by atoms with Gasteiger partial charge in [0.05, 0.1) is 5.39 Å². The summed E-state index contributed by atoms with van der Waals surface area (Å²) in [5.41, 5.74) is 3.65. The Balaban J connectivity index is 1.34. The molecule has 0 atom stereocenters. The van der Waals surface area contributed by atoms with E-state index in [1.54, 1.807) is 0 Å². The van der Waals surface area contributed by atoms with E-state index in [-0.39, 0.29) is 19.2 Å². The number of carbonyl (C=O) groups excluding carboxylic acids is 1. The Bertz CT molecular complexity index is 1260. The number of ether oxygens (including phenoxy) is 3. The average molecular weight is 421 g/mol. The van der Waals surface area contributed by atoms with Crippen LogP contribution in [0.25, 0.3) is 10.2 Å². The van der Waals surface area contributed by atoms with Gasteiger partial charge in [-0.25, -0.2) is 9.97 Å². The number of aromatic nitrogens is 3. The van der Waals surface area contributed by atoms with Crippen molar-refractivity contribution < 1.29 is 19.0 Å². The van der Waals surface area contributed by atoms with E-state index in [0.717, 1.165) is 38.7 Å². The molecule has 0 fully saturated rings. The molecular weight excluding hydrogens is 402 g/mol. The third kappa shape index (κ3) is 3.29. The molecule has 1 aromatic carbocycles. The van der Waals surface area contributed by atoms with Crippen molar-refractivity contribution in [3.05, 3.63) is 64.6 Å². The second kappa shape index (κ2) is 7.46. The normalized spacial score (nSPS) is 12.5. The molecule has 7 nitrogen and oxygen atoms in total. The van der Waals surface area contributed by atoms with E-state index in [9.17, 15) is 4.79 Å². The number of benzene rings is 1. The highest BCUT2D eigenvalue weighted by Crippen LogP contribution is 2.33. The Kier molecular flexibility index (Phi) is 4.63. The number of ketones is 1. The number of carbonyl (C=O) groups is 1. The molecule has 5 rings (SSSR count). The molecule has 1 aliphatic heterocycles. The predicted octanol–water partition coefficient (Wildman–Crippen LogP) is 4.15. The summed E-state index contributed by atoms with van der Waals surface area (Å²) in [6.07, 6.45) is 1.45. The van der Waals surface area contributed by atoms with E-state index in [2.05, 4.69) is 14.5 Å². The molecule has 0 spiro atoms. The van der Waals surface area contributed by atoms with Crippen molar-refractivity contribution in [2.75, 3.05) is 13.4 Å². The first-order chi connectivity index (χ1) is 14.6. The summed E-state index contributed by atoms with van der Waals surface area (Å²) in [6, 6.07) is 9.72. The second-order valence-electron chi connectivity index (χ2n) is 7.09. The molecule has 152 valence electrons. The number of hydrogen-bond donors (Lipinski definition) is 0. The van der Waals surface area contributed by atoms with Gasteiger partial charge in [0, 0.05) is 23.5 Å². The van der Waals surface area contributed by atoms with Gasteiger partial charge in [-0.2, -0.15) is 0 Å². The van der Waals surface area contributed by atoms with E-state index in [4.69, 9.17) is 14.2 Å². The number of aryl methyl sites for hydroxylation is 1. The minimum atomic E-state index is -0.0815. The number of hydrogen-bond acceptors (Lipinski definition) is 7. The van der Waals surface area contributed by atoms with Gasteiger partial charge in [0.2, 0.25) is 18.5 Å². The third-order valence-corrected chi connectivity index (χ3v) is 6.04. The van der Waals surface area contributed by atoms with E-state index >= 15 is 0 Å². The summed E-state index contributed by atoms with van der Waals surface area (Å²) in [6.45, 7) is 4.77. The van der Waals surface area contributed by atoms with Gasteiger partial charge in [-0.05, 0) is 49.1 Å². The number of rotatable bonds is 6. The van der Waals surface area contributed by atoms with Crippen LogP contribution in [0, 0.1) is 13.8 Å². The summed E-state index contributed by atoms with van der Waals surface area (Å²) in [5.74, 6) is 1.87. The van der Waals surface area contributed by atoms with Crippen LogP contribution < -0.4 is 14.2 Å². The number of Topliss-reactive ketones (excluding diaryl/α,β-unsaturated/α-hetero) is 1. The van der Waals surface area contributed by atoms with E-state index in [1.807, 2.05) is 49.6 Å². The Labute approximate surface area is 176 Å². The van der Waals surface area contributed by atoms with Gasteiger partial charge in [0.25, 0.3) is 0 Å². The maximum absolute atomic E-state index is 12.9. The van der Waals surface area contributed by atoms with Gasteiger partial charge in [-0.1, -0.05) is 6.07 Å². The maximum Gasteiger partial charge on any atom is 0.231 e. The quantitative estimate of drug-likeness (QED) is 0.436. The van der Waals surface area contributed by atoms with Crippen LogP contribution in [0.1, 0.15) is 27.3 Å². The summed E-state index contributed by atoms with van der Waals surface area (Å²) in [7, 11) is 0. The second-order valence-corrected chi connectivity index (χ2v) is 7.98. The fourth-order valence-corrected chi connectivity index (χ4v) is 4.37. The van der Waals surface area contributed by atoms with Crippen LogP contribution in [-0.4, -0.2) is 33.7 Å². The van der Waals surface area contributed by atoms with Gasteiger partial charge in [-0.15, -0.1) is 11.3 Å². The minimum absolute atomic E-state index is 0.0731. The molecule has 0 bridgehead atoms. The standard InChI is InChI=1S/C22H19N3O4S/c1-13-7-17(18(26)10-27-21-16-5-6-30-22(16)24-11-23-21)14(2)25(13)9-15-3-4-19-20(8-15)29-12-28-19/h3-8,11H,9-10,12H2,1-2H3. The van der Waals surface area contributed by atoms with Gasteiger partial charge in [0.15, 0.2) is 18.1 Å². The number of thiophene rings is 1. The molecule has 0 radical (unpaired) electrons. The molecule has 0 N–H and O–H groups in total. The highest BCUT2D eigenvalue weighted by Gasteiger charge is 2.19. The smallest absolute Gasteiger partial charge is 0.231 e. The minimum Gasteiger partial charge on any atom is -0.469 e. The highest BCUT2D eigenvalue weighted by molar-refractivity contribution is 7.16. The van der Waals surface area contributed by atoms with Crippen molar-refractivity contribution >= 4 is 27.3 Å². The van der Waals surface area contributed by atoms with Crippen LogP contribution in [-0.2, 0) is 6.54 Å². The molecule has 4 aromatic rings. The van der Waals surface area contributed by atoms with E-state index in [1.165, 1.54) is 17.7 Å². The van der Waals surface area contributed by atoms with Crippen LogP contribution in [0.15, 0.2) is 42.0 Å². The van der Waals surface area contributed by atoms with E-state index in [0.29, 0.717) is 18.0 Å². The zero-order valence-corrected chi connectivity index (χ0v) is 17.4. The molecule has 0 aliphatic carbocycles. The van der Waals surface area contributed by atoms with Gasteiger partial charge in [-0.3, -0.25) is 4.79 Å². The first-order valence-electron chi connectivity index (χ1n) is 9.49. The summed E-state index contributed by atoms with van der Waals surface area (Å²) < 4.78 is 18.7. The molecule has 30 heavy (non-hydrogen) atoms. The van der Waals surface area contributed by atoms with E-state index < -0.39 is 0 Å². The predicted molar refractivity (Wildman–Crippen MR) is 113 cm³/mol. The van der Waals surface area contributed by atoms with Crippen LogP contribution in [0.3, 0.4) is 0 Å². The molecular formula is C22H19N3O4S. The van der Waals surface area contributed by atoms with Crippen molar-refractivity contribution in [3.8, 4) is 17.4 Å². The van der Waals surface area contributed by atoms with Crippen molar-refractivity contribution in [2.24, 2.45) is 0 Å². The average Bonchev–Trinajstić information content (AvgIpc) is 3.47. The van der Waals surface area contributed by atoms with Crippen molar-refractivity contribution in [1.82, 2.24) is 14.5 Å². The molecule has 1 aliphatic rings. The third-order valence-electron chi connectivity index (χ3n) is 5.22. The molecule has 4 heterocycles. The van der Waals surface area contributed by atoms with Crippen LogP contribution in [0.4, 0.5) is 0 Å². The molecule has 0 amide bonds. The Morgan fingerprint density at radius 2 is 2.03 bits per heavy atom. The Morgan fingerprint density at radius 1 is 1.17 bits per heavy atom. The summed E-state index contributed by atoms with van der Waals surface area (Å²) in [5, 5.41) is 2.75. The van der Waals surface area contributed by atoms with Gasteiger partial charge < -0.3 is 18.8 Å². The molecule has 0 unspecified atom stereocenters. The van der Waals surface area contributed by atoms with Crippen LogP contribution >= 0.6 is 11.3 Å². The van der Waals surface area contributed by atoms with Gasteiger partial charge >= 0.3 is 0 Å². The maximum atomic E-state index is 12.9. The Hall–Kier alpha value is -3.39. The number of fused-ring (bicyclic) bond motifs is 2. The Morgan fingerprint density at radius 3 is 2.93 bits per heavy atom. The monoisotopic (exact) mass is 421 g/mol. The summed E-state index contributed by atoms with van der Waals surface area (Å²) in [4.78, 5) is 22.1. The van der Waals surface area contributed by atoms with Crippen molar-refractivity contribution in [1.29, 1.82) is 0 Å². The topological polar surface area (TPSA) is 75.5 Å². The number of nitrogens with zero attached hydrogens (tertiary/aromatic N) is 3. The summed E-state index contributed by atoms with van der Waals surface area (Å²) >= 11 is 1.51. The lowest BCUT2D eigenvalue weighted by Crippen LogP contribution is -2.14. The fourth-order valence-electron chi connectivity index (χ4n) is 3.64. The molecule has 0 saturated carbocycles. The largest absolute Gasteiger partial charge is 0.469 e.